The Bertz CT molecular complexity index is 668. The number of anilines is 1. The standard InChI is InChI=1S/C20H26N2O2/c1-4-16-8-10-17(11-9-16)20(13-23)21-14(2)18-6-5-7-19(12-18)22-15(3)24/h5-12,14,20-21,23H,4,13H2,1-3H3,(H,22,24). The summed E-state index contributed by atoms with van der Waals surface area (Å²) < 4.78 is 0. The van der Waals surface area contributed by atoms with E-state index in [-0.39, 0.29) is 24.6 Å². The van der Waals surface area contributed by atoms with Crippen molar-refractivity contribution >= 4 is 11.6 Å². The van der Waals surface area contributed by atoms with Crippen molar-refractivity contribution in [2.45, 2.75) is 39.3 Å². The number of aliphatic hydroxyl groups excluding tert-OH is 1. The summed E-state index contributed by atoms with van der Waals surface area (Å²) in [4.78, 5) is 11.2. The maximum absolute atomic E-state index is 11.2. The molecular formula is C20H26N2O2. The van der Waals surface area contributed by atoms with Crippen LogP contribution in [0.1, 0.15) is 49.5 Å². The summed E-state index contributed by atoms with van der Waals surface area (Å²) in [5, 5.41) is 16.0. The molecule has 2 rings (SSSR count). The molecule has 0 aromatic heterocycles. The summed E-state index contributed by atoms with van der Waals surface area (Å²) in [7, 11) is 0. The minimum absolute atomic E-state index is 0.0290. The summed E-state index contributed by atoms with van der Waals surface area (Å²) in [5.41, 5.74) is 4.19. The molecular weight excluding hydrogens is 300 g/mol. The molecule has 24 heavy (non-hydrogen) atoms. The molecule has 128 valence electrons. The molecule has 0 spiro atoms. The molecule has 0 aliphatic rings. The summed E-state index contributed by atoms with van der Waals surface area (Å²) in [5.74, 6) is -0.0861. The lowest BCUT2D eigenvalue weighted by Gasteiger charge is -2.23. The van der Waals surface area contributed by atoms with Crippen LogP contribution < -0.4 is 10.6 Å². The summed E-state index contributed by atoms with van der Waals surface area (Å²) in [6, 6.07) is 16.0. The lowest BCUT2D eigenvalue weighted by molar-refractivity contribution is -0.114. The van der Waals surface area contributed by atoms with Crippen LogP contribution in [0.2, 0.25) is 0 Å². The van der Waals surface area contributed by atoms with Crippen molar-refractivity contribution in [1.82, 2.24) is 5.32 Å². The zero-order valence-electron chi connectivity index (χ0n) is 14.5. The molecule has 0 fully saturated rings. The highest BCUT2D eigenvalue weighted by atomic mass is 16.3. The maximum Gasteiger partial charge on any atom is 0.221 e. The Labute approximate surface area is 143 Å². The van der Waals surface area contributed by atoms with Crippen molar-refractivity contribution < 1.29 is 9.90 Å². The number of hydrogen-bond acceptors (Lipinski definition) is 3. The normalized spacial score (nSPS) is 13.3. The number of carbonyl (C=O) groups is 1. The number of aryl methyl sites for hydroxylation is 1. The van der Waals surface area contributed by atoms with Gasteiger partial charge in [0, 0.05) is 18.7 Å². The number of benzene rings is 2. The fraction of sp³-hybridized carbons (Fsp3) is 0.350. The van der Waals surface area contributed by atoms with E-state index in [0.29, 0.717) is 0 Å². The molecule has 0 aliphatic heterocycles. The van der Waals surface area contributed by atoms with Gasteiger partial charge in [-0.2, -0.15) is 0 Å². The summed E-state index contributed by atoms with van der Waals surface area (Å²) in [6.45, 7) is 5.70. The minimum Gasteiger partial charge on any atom is -0.394 e. The van der Waals surface area contributed by atoms with Gasteiger partial charge in [-0.15, -0.1) is 0 Å². The van der Waals surface area contributed by atoms with Crippen LogP contribution in [-0.2, 0) is 11.2 Å². The number of amides is 1. The van der Waals surface area contributed by atoms with E-state index in [0.717, 1.165) is 23.2 Å². The second-order valence-corrected chi connectivity index (χ2v) is 6.03. The van der Waals surface area contributed by atoms with Crippen LogP contribution in [0.25, 0.3) is 0 Å². The molecule has 4 nitrogen and oxygen atoms in total. The Morgan fingerprint density at radius 3 is 2.42 bits per heavy atom. The molecule has 0 radical (unpaired) electrons. The Morgan fingerprint density at radius 1 is 1.12 bits per heavy atom. The highest BCUT2D eigenvalue weighted by Crippen LogP contribution is 2.22. The zero-order valence-corrected chi connectivity index (χ0v) is 14.5. The van der Waals surface area contributed by atoms with Gasteiger partial charge in [0.2, 0.25) is 5.91 Å². The van der Waals surface area contributed by atoms with E-state index in [9.17, 15) is 9.90 Å². The van der Waals surface area contributed by atoms with Gasteiger partial charge in [0.1, 0.15) is 0 Å². The van der Waals surface area contributed by atoms with Crippen molar-refractivity contribution in [2.24, 2.45) is 0 Å². The molecule has 0 heterocycles. The van der Waals surface area contributed by atoms with E-state index in [1.807, 2.05) is 24.3 Å². The number of rotatable bonds is 7. The number of hydrogen-bond donors (Lipinski definition) is 3. The van der Waals surface area contributed by atoms with Gasteiger partial charge in [0.15, 0.2) is 0 Å². The number of aliphatic hydroxyl groups is 1. The lowest BCUT2D eigenvalue weighted by Crippen LogP contribution is -2.27. The van der Waals surface area contributed by atoms with Gasteiger partial charge in [-0.1, -0.05) is 43.3 Å². The van der Waals surface area contributed by atoms with E-state index in [1.165, 1.54) is 12.5 Å². The Hall–Kier alpha value is -2.17. The lowest BCUT2D eigenvalue weighted by atomic mass is 10.0. The number of carbonyl (C=O) groups excluding carboxylic acids is 1. The molecule has 0 bridgehead atoms. The monoisotopic (exact) mass is 326 g/mol. The molecule has 0 saturated heterocycles. The van der Waals surface area contributed by atoms with E-state index in [1.54, 1.807) is 0 Å². The predicted octanol–water partition coefficient (Wildman–Crippen LogP) is 3.59. The largest absolute Gasteiger partial charge is 0.394 e. The van der Waals surface area contributed by atoms with Crippen LogP contribution in [0.4, 0.5) is 5.69 Å². The van der Waals surface area contributed by atoms with Gasteiger partial charge in [0.25, 0.3) is 0 Å². The van der Waals surface area contributed by atoms with Crippen molar-refractivity contribution in [3.63, 3.8) is 0 Å². The van der Waals surface area contributed by atoms with E-state index in [2.05, 4.69) is 48.7 Å². The first-order valence-corrected chi connectivity index (χ1v) is 8.36. The fourth-order valence-corrected chi connectivity index (χ4v) is 2.73. The third-order valence-corrected chi connectivity index (χ3v) is 4.13. The smallest absolute Gasteiger partial charge is 0.221 e. The van der Waals surface area contributed by atoms with E-state index >= 15 is 0 Å². The maximum atomic E-state index is 11.2. The molecule has 2 atom stereocenters. The Balaban J connectivity index is 2.10. The van der Waals surface area contributed by atoms with Crippen LogP contribution in [-0.4, -0.2) is 17.6 Å². The predicted molar refractivity (Wildman–Crippen MR) is 97.9 cm³/mol. The van der Waals surface area contributed by atoms with Gasteiger partial charge >= 0.3 is 0 Å². The van der Waals surface area contributed by atoms with Crippen LogP contribution in [0.5, 0.6) is 0 Å². The molecule has 2 aromatic carbocycles. The van der Waals surface area contributed by atoms with Crippen LogP contribution >= 0.6 is 0 Å². The molecule has 2 unspecified atom stereocenters. The SMILES string of the molecule is CCc1ccc(C(CO)NC(C)c2cccc(NC(C)=O)c2)cc1. The Kier molecular flexibility index (Phi) is 6.53. The topological polar surface area (TPSA) is 61.4 Å². The minimum atomic E-state index is -0.129. The van der Waals surface area contributed by atoms with Crippen LogP contribution in [0.15, 0.2) is 48.5 Å². The first-order valence-electron chi connectivity index (χ1n) is 8.36. The molecule has 0 saturated carbocycles. The van der Waals surface area contributed by atoms with E-state index in [4.69, 9.17) is 0 Å². The van der Waals surface area contributed by atoms with Gasteiger partial charge in [-0.25, -0.2) is 0 Å². The van der Waals surface area contributed by atoms with Crippen molar-refractivity contribution in [3.8, 4) is 0 Å². The molecule has 3 N–H and O–H groups in total. The molecule has 0 aliphatic carbocycles. The molecule has 1 amide bonds. The first-order chi connectivity index (χ1) is 11.5. The summed E-state index contributed by atoms with van der Waals surface area (Å²) in [6.07, 6.45) is 1.00. The van der Waals surface area contributed by atoms with Gasteiger partial charge in [-0.05, 0) is 42.2 Å². The second kappa shape index (κ2) is 8.62. The Morgan fingerprint density at radius 2 is 1.83 bits per heavy atom. The van der Waals surface area contributed by atoms with E-state index < -0.39 is 0 Å². The second-order valence-electron chi connectivity index (χ2n) is 6.03. The third-order valence-electron chi connectivity index (χ3n) is 4.13. The van der Waals surface area contributed by atoms with Crippen molar-refractivity contribution in [3.05, 3.63) is 65.2 Å². The third kappa shape index (κ3) is 4.91. The average molecular weight is 326 g/mol. The van der Waals surface area contributed by atoms with Gasteiger partial charge in [0.05, 0.1) is 12.6 Å². The fourth-order valence-electron chi connectivity index (χ4n) is 2.73. The first kappa shape index (κ1) is 18.2. The highest BCUT2D eigenvalue weighted by Gasteiger charge is 2.15. The van der Waals surface area contributed by atoms with Crippen LogP contribution in [0.3, 0.4) is 0 Å². The average Bonchev–Trinajstić information content (AvgIpc) is 2.59. The zero-order chi connectivity index (χ0) is 17.5. The summed E-state index contributed by atoms with van der Waals surface area (Å²) >= 11 is 0. The van der Waals surface area contributed by atoms with Gasteiger partial charge in [-0.3, -0.25) is 4.79 Å². The van der Waals surface area contributed by atoms with Crippen molar-refractivity contribution in [2.75, 3.05) is 11.9 Å². The highest BCUT2D eigenvalue weighted by molar-refractivity contribution is 5.88. The number of nitrogens with one attached hydrogen (secondary N) is 2. The van der Waals surface area contributed by atoms with Crippen molar-refractivity contribution in [1.29, 1.82) is 0 Å². The van der Waals surface area contributed by atoms with Gasteiger partial charge < -0.3 is 15.7 Å². The quantitative estimate of drug-likeness (QED) is 0.728. The molecule has 2 aromatic rings. The molecule has 4 heteroatoms. The van der Waals surface area contributed by atoms with Crippen LogP contribution in [0, 0.1) is 0 Å².